The summed E-state index contributed by atoms with van der Waals surface area (Å²) >= 11 is 1.02. The minimum Gasteiger partial charge on any atom is -0.343 e. The summed E-state index contributed by atoms with van der Waals surface area (Å²) in [4.78, 5) is 27.0. The largest absolute Gasteiger partial charge is 0.343 e. The molecule has 2 aromatic carbocycles. The minimum atomic E-state index is -3.75. The van der Waals surface area contributed by atoms with Gasteiger partial charge in [-0.15, -0.1) is 0 Å². The molecule has 0 radical (unpaired) electrons. The number of sulfonamides is 1. The van der Waals surface area contributed by atoms with Crippen molar-refractivity contribution in [2.45, 2.75) is 62.4 Å². The zero-order valence-corrected chi connectivity index (χ0v) is 20.7. The molecule has 2 aliphatic rings. The molecule has 1 aliphatic carbocycles. The summed E-state index contributed by atoms with van der Waals surface area (Å²) in [5, 5.41) is 0. The zero-order chi connectivity index (χ0) is 23.7. The Bertz CT molecular complexity index is 1370. The Morgan fingerprint density at radius 3 is 2.68 bits per heavy atom. The van der Waals surface area contributed by atoms with E-state index in [0.717, 1.165) is 68.5 Å². The number of carbonyl (C=O) groups excluding carboxylic acids is 1. The molecular formula is C25H29N3O4S2. The lowest BCUT2D eigenvalue weighted by molar-refractivity contribution is -0.132. The monoisotopic (exact) mass is 499 g/mol. The van der Waals surface area contributed by atoms with Gasteiger partial charge in [-0.25, -0.2) is 13.1 Å². The molecule has 3 aromatic rings. The van der Waals surface area contributed by atoms with Gasteiger partial charge in [0.1, 0.15) is 0 Å². The molecule has 1 unspecified atom stereocenters. The first kappa shape index (κ1) is 23.3. The molecule has 34 heavy (non-hydrogen) atoms. The molecule has 180 valence electrons. The smallest absolute Gasteiger partial charge is 0.308 e. The highest BCUT2D eigenvalue weighted by Gasteiger charge is 2.26. The standard InChI is InChI=1S/C25H29N3O4S2/c29-24(27-14-4-1-5-15-27)13-16-28-22-12-11-19(17-23(22)33-25(28)30)34(31,32)26-21-10-6-8-18-7-2-3-9-20(18)21/h2-3,7,9,11-12,17,21,26H,1,4-6,8,10,13-16H2. The number of benzene rings is 2. The van der Waals surface area contributed by atoms with Gasteiger partial charge in [0.2, 0.25) is 15.9 Å². The van der Waals surface area contributed by atoms with Crippen LogP contribution in [0.3, 0.4) is 0 Å². The number of aryl methyl sites for hydroxylation is 2. The lowest BCUT2D eigenvalue weighted by Crippen LogP contribution is -2.36. The number of carbonyl (C=O) groups is 1. The molecule has 1 amide bonds. The molecular weight excluding hydrogens is 470 g/mol. The van der Waals surface area contributed by atoms with E-state index in [1.807, 2.05) is 23.1 Å². The molecule has 9 heteroatoms. The maximum Gasteiger partial charge on any atom is 0.308 e. The molecule has 0 spiro atoms. The van der Waals surface area contributed by atoms with Crippen LogP contribution < -0.4 is 9.60 Å². The molecule has 2 heterocycles. The molecule has 0 bridgehead atoms. The molecule has 1 N–H and O–H groups in total. The van der Waals surface area contributed by atoms with Gasteiger partial charge in [-0.05, 0) is 67.9 Å². The van der Waals surface area contributed by atoms with E-state index in [0.29, 0.717) is 16.8 Å². The number of hydrogen-bond acceptors (Lipinski definition) is 5. The molecule has 1 saturated heterocycles. The topological polar surface area (TPSA) is 88.5 Å². The van der Waals surface area contributed by atoms with Crippen molar-refractivity contribution in [1.82, 2.24) is 14.2 Å². The van der Waals surface area contributed by atoms with Gasteiger partial charge in [0, 0.05) is 32.1 Å². The lowest BCUT2D eigenvalue weighted by Gasteiger charge is -2.26. The summed E-state index contributed by atoms with van der Waals surface area (Å²) in [5.41, 5.74) is 2.89. The van der Waals surface area contributed by atoms with Crippen molar-refractivity contribution in [1.29, 1.82) is 0 Å². The Hall–Kier alpha value is -2.49. The van der Waals surface area contributed by atoms with Crippen molar-refractivity contribution in [2.75, 3.05) is 13.1 Å². The van der Waals surface area contributed by atoms with Crippen LogP contribution in [0.4, 0.5) is 0 Å². The van der Waals surface area contributed by atoms with Crippen LogP contribution in [-0.4, -0.2) is 36.9 Å². The van der Waals surface area contributed by atoms with Crippen LogP contribution in [0.25, 0.3) is 10.2 Å². The number of nitrogens with one attached hydrogen (secondary N) is 1. The van der Waals surface area contributed by atoms with Gasteiger partial charge in [0.25, 0.3) is 0 Å². The van der Waals surface area contributed by atoms with Crippen LogP contribution in [0, 0.1) is 0 Å². The fourth-order valence-electron chi connectivity index (χ4n) is 5.07. The highest BCUT2D eigenvalue weighted by Crippen LogP contribution is 2.31. The number of nitrogens with zero attached hydrogens (tertiary/aromatic N) is 2. The fourth-order valence-corrected chi connectivity index (χ4v) is 7.37. The van der Waals surface area contributed by atoms with Gasteiger partial charge >= 0.3 is 4.87 Å². The summed E-state index contributed by atoms with van der Waals surface area (Å²) in [6.45, 7) is 1.88. The first-order chi connectivity index (χ1) is 16.4. The van der Waals surface area contributed by atoms with E-state index >= 15 is 0 Å². The third kappa shape index (κ3) is 4.69. The Morgan fingerprint density at radius 2 is 1.85 bits per heavy atom. The molecule has 1 aliphatic heterocycles. The molecule has 7 nitrogen and oxygen atoms in total. The van der Waals surface area contributed by atoms with Gasteiger partial charge in [-0.1, -0.05) is 35.6 Å². The fraction of sp³-hybridized carbons (Fsp3) is 0.440. The maximum absolute atomic E-state index is 13.2. The SMILES string of the molecule is O=C(CCn1c(=O)sc2cc(S(=O)(=O)NC3CCCc4ccccc43)ccc21)N1CCCCC1. The number of amides is 1. The van der Waals surface area contributed by atoms with E-state index < -0.39 is 10.0 Å². The average Bonchev–Trinajstić information content (AvgIpc) is 3.17. The van der Waals surface area contributed by atoms with Crippen molar-refractivity contribution in [3.05, 3.63) is 63.3 Å². The number of thiazole rings is 1. The number of hydrogen-bond donors (Lipinski definition) is 1. The van der Waals surface area contributed by atoms with E-state index in [4.69, 9.17) is 0 Å². The molecule has 5 rings (SSSR count). The second-order valence-corrected chi connectivity index (χ2v) is 11.8. The first-order valence-electron chi connectivity index (χ1n) is 11.9. The van der Waals surface area contributed by atoms with Gasteiger partial charge in [0.05, 0.1) is 15.1 Å². The summed E-state index contributed by atoms with van der Waals surface area (Å²) in [5.74, 6) is 0.0714. The second kappa shape index (κ2) is 9.64. The summed E-state index contributed by atoms with van der Waals surface area (Å²) in [7, 11) is -3.75. The molecule has 1 fully saturated rings. The van der Waals surface area contributed by atoms with E-state index in [1.165, 1.54) is 5.56 Å². The summed E-state index contributed by atoms with van der Waals surface area (Å²) in [6.07, 6.45) is 6.15. The number of fused-ring (bicyclic) bond motifs is 2. The highest BCUT2D eigenvalue weighted by molar-refractivity contribution is 7.89. The normalized spacial score (nSPS) is 18.7. The molecule has 1 aromatic heterocycles. The van der Waals surface area contributed by atoms with Gasteiger partial charge in [-0.2, -0.15) is 0 Å². The zero-order valence-electron chi connectivity index (χ0n) is 19.0. The third-order valence-corrected chi connectivity index (χ3v) is 9.29. The number of piperidine rings is 1. The Balaban J connectivity index is 1.34. The first-order valence-corrected chi connectivity index (χ1v) is 14.2. The van der Waals surface area contributed by atoms with Crippen LogP contribution in [-0.2, 0) is 27.8 Å². The predicted octanol–water partition coefficient (Wildman–Crippen LogP) is 3.82. The van der Waals surface area contributed by atoms with Crippen molar-refractivity contribution in [2.24, 2.45) is 0 Å². The third-order valence-electron chi connectivity index (χ3n) is 6.87. The lowest BCUT2D eigenvalue weighted by atomic mass is 9.88. The quantitative estimate of drug-likeness (QED) is 0.558. The van der Waals surface area contributed by atoms with Crippen LogP contribution in [0.1, 0.15) is 55.7 Å². The second-order valence-electron chi connectivity index (χ2n) is 9.11. The van der Waals surface area contributed by atoms with Crippen molar-refractivity contribution in [3.63, 3.8) is 0 Å². The van der Waals surface area contributed by atoms with Crippen LogP contribution in [0.15, 0.2) is 52.2 Å². The van der Waals surface area contributed by atoms with Gasteiger partial charge in [0.15, 0.2) is 0 Å². The van der Waals surface area contributed by atoms with Crippen LogP contribution in [0.2, 0.25) is 0 Å². The maximum atomic E-state index is 13.2. The Labute approximate surface area is 203 Å². The Kier molecular flexibility index (Phi) is 6.59. The molecule has 0 saturated carbocycles. The Morgan fingerprint density at radius 1 is 1.06 bits per heavy atom. The summed E-state index contributed by atoms with van der Waals surface area (Å²) in [6, 6.07) is 12.5. The van der Waals surface area contributed by atoms with Crippen LogP contribution in [0.5, 0.6) is 0 Å². The van der Waals surface area contributed by atoms with Crippen molar-refractivity contribution >= 4 is 37.5 Å². The minimum absolute atomic E-state index is 0.0714. The van der Waals surface area contributed by atoms with Gasteiger partial charge in [-0.3, -0.25) is 14.2 Å². The number of likely N-dealkylation sites (tertiary alicyclic amines) is 1. The van der Waals surface area contributed by atoms with Crippen LogP contribution >= 0.6 is 11.3 Å². The molecule has 1 atom stereocenters. The highest BCUT2D eigenvalue weighted by atomic mass is 32.2. The van der Waals surface area contributed by atoms with E-state index in [-0.39, 0.29) is 28.1 Å². The predicted molar refractivity (Wildman–Crippen MR) is 134 cm³/mol. The van der Waals surface area contributed by atoms with E-state index in [9.17, 15) is 18.0 Å². The number of aromatic nitrogens is 1. The van der Waals surface area contributed by atoms with E-state index in [2.05, 4.69) is 10.8 Å². The average molecular weight is 500 g/mol. The summed E-state index contributed by atoms with van der Waals surface area (Å²) < 4.78 is 31.5. The van der Waals surface area contributed by atoms with Crippen molar-refractivity contribution in [3.8, 4) is 0 Å². The number of rotatable bonds is 6. The van der Waals surface area contributed by atoms with Gasteiger partial charge < -0.3 is 4.90 Å². The van der Waals surface area contributed by atoms with Crippen molar-refractivity contribution < 1.29 is 13.2 Å². The van der Waals surface area contributed by atoms with E-state index in [1.54, 1.807) is 22.8 Å².